The van der Waals surface area contributed by atoms with Crippen molar-refractivity contribution in [2.45, 2.75) is 24.9 Å². The van der Waals surface area contributed by atoms with E-state index in [4.69, 9.17) is 10.5 Å². The number of carbonyl (C=O) groups is 2. The van der Waals surface area contributed by atoms with E-state index in [0.29, 0.717) is 18.5 Å². The molecule has 1 aliphatic heterocycles. The van der Waals surface area contributed by atoms with Gasteiger partial charge in [-0.15, -0.1) is 0 Å². The number of carboxylic acid groups (broad SMARTS) is 1. The summed E-state index contributed by atoms with van der Waals surface area (Å²) >= 11 is 0. The number of carbonyl (C=O) groups excluding carboxylic acids is 1. The summed E-state index contributed by atoms with van der Waals surface area (Å²) in [4.78, 5) is 25.1. The molecule has 1 aromatic heterocycles. The lowest BCUT2D eigenvalue weighted by Gasteiger charge is -2.42. The minimum absolute atomic E-state index is 0.0685. The van der Waals surface area contributed by atoms with Crippen molar-refractivity contribution in [1.29, 1.82) is 5.26 Å². The second-order valence-corrected chi connectivity index (χ2v) is 7.21. The molecule has 1 aromatic carbocycles. The Morgan fingerprint density at radius 2 is 2.13 bits per heavy atom. The van der Waals surface area contributed by atoms with Crippen LogP contribution in [0.5, 0.6) is 0 Å². The fourth-order valence-electron chi connectivity index (χ4n) is 3.86. The molecule has 0 bridgehead atoms. The Morgan fingerprint density at radius 3 is 2.71 bits per heavy atom. The highest BCUT2D eigenvalue weighted by Crippen LogP contribution is 2.36. The van der Waals surface area contributed by atoms with Crippen molar-refractivity contribution in [3.63, 3.8) is 0 Å². The molecule has 2 amide bonds. The Labute approximate surface area is 178 Å². The van der Waals surface area contributed by atoms with E-state index < -0.39 is 35.8 Å². The summed E-state index contributed by atoms with van der Waals surface area (Å²) in [7, 11) is 1.51. The lowest BCUT2D eigenvalue weighted by Crippen LogP contribution is -2.52. The number of nitriles is 1. The number of nitrogens with zero attached hydrogens (tertiary/aromatic N) is 4. The maximum atomic E-state index is 13.2. The van der Waals surface area contributed by atoms with E-state index in [-0.39, 0.29) is 24.5 Å². The van der Waals surface area contributed by atoms with E-state index in [1.54, 1.807) is 0 Å². The minimum Gasteiger partial charge on any atom is -0.465 e. The van der Waals surface area contributed by atoms with E-state index in [0.717, 1.165) is 0 Å². The van der Waals surface area contributed by atoms with Crippen LogP contribution < -0.4 is 11.1 Å². The number of ether oxygens (including phenoxy) is 1. The number of benzene rings is 1. The highest BCUT2D eigenvalue weighted by Gasteiger charge is 2.42. The van der Waals surface area contributed by atoms with Crippen LogP contribution in [-0.4, -0.2) is 58.1 Å². The van der Waals surface area contributed by atoms with Gasteiger partial charge >= 0.3 is 6.09 Å². The third kappa shape index (κ3) is 4.75. The maximum absolute atomic E-state index is 13.2. The van der Waals surface area contributed by atoms with Crippen molar-refractivity contribution in [1.82, 2.24) is 14.7 Å². The summed E-state index contributed by atoms with van der Waals surface area (Å²) < 4.78 is 19.8. The van der Waals surface area contributed by atoms with Crippen molar-refractivity contribution in [2.75, 3.05) is 25.6 Å². The van der Waals surface area contributed by atoms with Crippen LogP contribution in [0.1, 0.15) is 29.2 Å². The normalized spacial score (nSPS) is 20.8. The molecule has 10 nitrogen and oxygen atoms in total. The van der Waals surface area contributed by atoms with Crippen molar-refractivity contribution in [3.8, 4) is 6.07 Å². The summed E-state index contributed by atoms with van der Waals surface area (Å²) in [5.41, 5.74) is 6.06. The van der Waals surface area contributed by atoms with E-state index in [1.807, 2.05) is 0 Å². The molecular weight excluding hydrogens is 407 g/mol. The molecule has 0 spiro atoms. The number of nitrogens with one attached hydrogen (secondary N) is 1. The zero-order valence-corrected chi connectivity index (χ0v) is 16.9. The number of piperidine rings is 1. The van der Waals surface area contributed by atoms with Gasteiger partial charge in [0.1, 0.15) is 11.4 Å². The summed E-state index contributed by atoms with van der Waals surface area (Å²) in [5, 5.41) is 26.7. The lowest BCUT2D eigenvalue weighted by atomic mass is 9.85. The third-order valence-corrected chi connectivity index (χ3v) is 5.33. The Morgan fingerprint density at radius 1 is 1.42 bits per heavy atom. The first-order chi connectivity index (χ1) is 14.8. The van der Waals surface area contributed by atoms with Crippen LogP contribution in [0.3, 0.4) is 0 Å². The van der Waals surface area contributed by atoms with Gasteiger partial charge in [-0.05, 0) is 37.1 Å². The van der Waals surface area contributed by atoms with Gasteiger partial charge in [-0.25, -0.2) is 9.18 Å². The van der Waals surface area contributed by atoms with Gasteiger partial charge < -0.3 is 25.8 Å². The van der Waals surface area contributed by atoms with Crippen molar-refractivity contribution >= 4 is 23.5 Å². The minimum atomic E-state index is -1.10. The molecule has 1 saturated heterocycles. The Bertz CT molecular complexity index is 987. The van der Waals surface area contributed by atoms with Gasteiger partial charge in [-0.1, -0.05) is 0 Å². The first-order valence-corrected chi connectivity index (χ1v) is 9.65. The van der Waals surface area contributed by atoms with E-state index in [9.17, 15) is 24.3 Å². The van der Waals surface area contributed by atoms with Gasteiger partial charge in [0.2, 0.25) is 0 Å². The largest absolute Gasteiger partial charge is 0.465 e. The van der Waals surface area contributed by atoms with Gasteiger partial charge in [0.05, 0.1) is 24.1 Å². The van der Waals surface area contributed by atoms with Crippen molar-refractivity contribution in [3.05, 3.63) is 41.8 Å². The topological polar surface area (TPSA) is 146 Å². The average molecular weight is 430 g/mol. The predicted octanol–water partition coefficient (Wildman–Crippen LogP) is 2.33. The smallest absolute Gasteiger partial charge is 0.407 e. The molecule has 3 rings (SSSR count). The summed E-state index contributed by atoms with van der Waals surface area (Å²) in [6, 6.07) is 6.46. The number of hydrogen-bond acceptors (Lipinski definition) is 6. The molecule has 4 N–H and O–H groups in total. The molecule has 31 heavy (non-hydrogen) atoms. The molecule has 11 heteroatoms. The van der Waals surface area contributed by atoms with Crippen LogP contribution in [-0.2, 0) is 4.74 Å². The van der Waals surface area contributed by atoms with Gasteiger partial charge in [-0.3, -0.25) is 9.48 Å². The molecule has 3 atom stereocenters. The highest BCUT2D eigenvalue weighted by atomic mass is 19.1. The number of amides is 2. The second-order valence-electron chi connectivity index (χ2n) is 7.21. The quantitative estimate of drug-likeness (QED) is 0.611. The molecule has 1 aliphatic rings. The molecule has 0 saturated carbocycles. The lowest BCUT2D eigenvalue weighted by molar-refractivity contribution is 0.0438. The van der Waals surface area contributed by atoms with E-state index in [1.165, 1.54) is 47.2 Å². The maximum Gasteiger partial charge on any atom is 0.407 e. The van der Waals surface area contributed by atoms with Crippen LogP contribution >= 0.6 is 0 Å². The third-order valence-electron chi connectivity index (χ3n) is 5.33. The number of rotatable bonds is 7. The molecule has 1 fully saturated rings. The Kier molecular flexibility index (Phi) is 6.71. The van der Waals surface area contributed by atoms with Crippen molar-refractivity contribution in [2.24, 2.45) is 11.7 Å². The van der Waals surface area contributed by atoms with Gasteiger partial charge in [0.25, 0.3) is 5.91 Å². The van der Waals surface area contributed by atoms with Crippen LogP contribution in [0.2, 0.25) is 0 Å². The van der Waals surface area contributed by atoms with Crippen LogP contribution in [0.15, 0.2) is 30.5 Å². The van der Waals surface area contributed by atoms with Gasteiger partial charge in [0, 0.05) is 32.1 Å². The first-order valence-electron chi connectivity index (χ1n) is 9.65. The fourth-order valence-corrected chi connectivity index (χ4v) is 3.86. The molecular formula is C20H23FN6O4. The molecule has 2 aromatic rings. The van der Waals surface area contributed by atoms with Crippen molar-refractivity contribution < 1.29 is 23.8 Å². The van der Waals surface area contributed by atoms with Crippen LogP contribution in [0.4, 0.5) is 20.7 Å². The fraction of sp³-hybridized carbons (Fsp3) is 0.400. The monoisotopic (exact) mass is 430 g/mol. The number of aromatic nitrogens is 2. The number of hydrogen-bond donors (Lipinski definition) is 3. The Hall–Kier alpha value is -3.65. The summed E-state index contributed by atoms with van der Waals surface area (Å²) in [6.45, 7) is 0.497. The van der Waals surface area contributed by atoms with Crippen LogP contribution in [0.25, 0.3) is 0 Å². The number of anilines is 2. The number of nitrogens with two attached hydrogens (primary N) is 1. The number of likely N-dealkylation sites (tertiary alicyclic amines) is 1. The highest BCUT2D eigenvalue weighted by molar-refractivity contribution is 5.98. The van der Waals surface area contributed by atoms with E-state index in [2.05, 4.69) is 16.5 Å². The summed E-state index contributed by atoms with van der Waals surface area (Å²) in [6.07, 6.45) is 0.977. The second kappa shape index (κ2) is 9.44. The first kappa shape index (κ1) is 22.0. The number of primary amides is 1. The van der Waals surface area contributed by atoms with Gasteiger partial charge in [-0.2, -0.15) is 10.4 Å². The predicted molar refractivity (Wildman–Crippen MR) is 108 cm³/mol. The average Bonchev–Trinajstić information content (AvgIpc) is 3.16. The van der Waals surface area contributed by atoms with Gasteiger partial charge in [0.15, 0.2) is 5.82 Å². The Balaban J connectivity index is 2.02. The van der Waals surface area contributed by atoms with Crippen LogP contribution in [0, 0.1) is 23.1 Å². The summed E-state index contributed by atoms with van der Waals surface area (Å²) in [5.74, 6) is -1.56. The molecule has 164 valence electrons. The molecule has 0 radical (unpaired) electrons. The number of halogens is 1. The molecule has 0 aliphatic carbocycles. The zero-order chi connectivity index (χ0) is 22.5. The SMILES string of the molecule is COCCC1[C@H](n2cc(C(N)=O)c(Nc3ccc(F)cc3)n2)[C@@H](C#N)CCN1C(=O)O. The standard InChI is InChI=1S/C20H23FN6O4/c1-31-9-7-16-17(12(10-22)6-8-26(16)20(29)30)27-11-15(18(23)28)19(25-27)24-14-4-2-13(21)3-5-14/h2-5,11-12,16-17H,6-9H2,1H3,(H2,23,28)(H,24,25)(H,29,30)/t12-,16?,17-/m1/s1. The number of methoxy groups -OCH3 is 1. The zero-order valence-electron chi connectivity index (χ0n) is 16.9. The molecule has 1 unspecified atom stereocenters. The van der Waals surface area contributed by atoms with E-state index >= 15 is 0 Å². The molecule has 2 heterocycles.